The molecule has 10 heteroatoms. The molecule has 2 rings (SSSR count). The van der Waals surface area contributed by atoms with E-state index in [4.69, 9.17) is 16.0 Å². The summed E-state index contributed by atoms with van der Waals surface area (Å²) in [6.45, 7) is 3.46. The largest absolute Gasteiger partial charge is 0.479 e. The van der Waals surface area contributed by atoms with Crippen molar-refractivity contribution in [3.8, 4) is 0 Å². The summed E-state index contributed by atoms with van der Waals surface area (Å²) < 4.78 is 18.3. The number of carboxylic acids is 1. The van der Waals surface area contributed by atoms with Crippen LogP contribution in [0, 0.1) is 5.92 Å². The highest BCUT2D eigenvalue weighted by Crippen LogP contribution is 2.53. The molecule has 2 aromatic rings. The molecule has 7 N–H and O–H groups in total. The summed E-state index contributed by atoms with van der Waals surface area (Å²) in [6.07, 6.45) is 1.59. The predicted molar refractivity (Wildman–Crippen MR) is 120 cm³/mol. The first kappa shape index (κ1) is 24.1. The number of carboxylic acid groups (broad SMARTS) is 1. The van der Waals surface area contributed by atoms with E-state index >= 15 is 0 Å². The molecule has 0 amide bonds. The summed E-state index contributed by atoms with van der Waals surface area (Å²) in [5.74, 6) is -2.99. The standard InChI is InChI=1S/C21H27N4O5P/c1-14(2)19(24-12-11-15-7-4-3-5-8-15)31(28,29)30-18(20(26)27)16-9-6-10-17(13-16)25-21(22)23/h3-14,18-19,24H,1-2H3,(H,26,27)(H,28,29)(H4,22,23,25)/b12-11+. The Balaban J connectivity index is 2.25. The van der Waals surface area contributed by atoms with Crippen LogP contribution < -0.4 is 16.8 Å². The van der Waals surface area contributed by atoms with E-state index in [0.717, 1.165) is 5.56 Å². The monoisotopic (exact) mass is 446 g/mol. The SMILES string of the molecule is CC(C)C(N/C=C/c1ccccc1)P(=O)(O)OC(C(=O)O)c1cccc(N=C(N)N)c1. The van der Waals surface area contributed by atoms with Gasteiger partial charge in [-0.3, -0.25) is 9.09 Å². The van der Waals surface area contributed by atoms with Gasteiger partial charge in [-0.1, -0.05) is 56.3 Å². The fourth-order valence-corrected chi connectivity index (χ4v) is 4.52. The molecular weight excluding hydrogens is 419 g/mol. The number of guanidine groups is 1. The molecule has 0 saturated heterocycles. The Labute approximate surface area is 181 Å². The quantitative estimate of drug-likeness (QED) is 0.211. The van der Waals surface area contributed by atoms with Gasteiger partial charge in [-0.2, -0.15) is 0 Å². The summed E-state index contributed by atoms with van der Waals surface area (Å²) in [5, 5.41) is 12.5. The molecule has 3 atom stereocenters. The molecule has 0 fully saturated rings. The van der Waals surface area contributed by atoms with Crippen molar-refractivity contribution in [2.45, 2.75) is 25.7 Å². The molecule has 3 unspecified atom stereocenters. The van der Waals surface area contributed by atoms with E-state index in [1.807, 2.05) is 30.3 Å². The average molecular weight is 446 g/mol. The molecule has 31 heavy (non-hydrogen) atoms. The Bertz CT molecular complexity index is 990. The lowest BCUT2D eigenvalue weighted by atomic mass is 10.1. The molecule has 0 spiro atoms. The van der Waals surface area contributed by atoms with Crippen molar-refractivity contribution in [2.24, 2.45) is 22.4 Å². The van der Waals surface area contributed by atoms with Crippen LogP contribution in [-0.4, -0.2) is 27.7 Å². The molecule has 0 aliphatic heterocycles. The smallest absolute Gasteiger partial charge is 0.351 e. The van der Waals surface area contributed by atoms with Gasteiger partial charge in [-0.25, -0.2) is 9.79 Å². The first-order chi connectivity index (χ1) is 14.6. The number of aliphatic carboxylic acids is 1. The van der Waals surface area contributed by atoms with Crippen molar-refractivity contribution in [1.29, 1.82) is 0 Å². The highest BCUT2D eigenvalue weighted by Gasteiger charge is 2.39. The van der Waals surface area contributed by atoms with Crippen molar-refractivity contribution in [3.63, 3.8) is 0 Å². The Morgan fingerprint density at radius 2 is 1.84 bits per heavy atom. The minimum absolute atomic E-state index is 0.131. The molecule has 166 valence electrons. The lowest BCUT2D eigenvalue weighted by molar-refractivity contribution is -0.145. The molecule has 0 bridgehead atoms. The first-order valence-electron chi connectivity index (χ1n) is 9.51. The molecule has 0 aliphatic rings. The summed E-state index contributed by atoms with van der Waals surface area (Å²) in [4.78, 5) is 26.3. The fourth-order valence-electron chi connectivity index (χ4n) is 2.84. The molecule has 0 aromatic heterocycles. The number of nitrogens with one attached hydrogen (secondary N) is 1. The number of carbonyl (C=O) groups is 1. The van der Waals surface area contributed by atoms with Crippen molar-refractivity contribution in [2.75, 3.05) is 0 Å². The molecule has 0 radical (unpaired) electrons. The maximum atomic E-state index is 13.1. The van der Waals surface area contributed by atoms with Crippen LogP contribution in [0.3, 0.4) is 0 Å². The second-order valence-electron chi connectivity index (χ2n) is 7.12. The number of hydrogen-bond donors (Lipinski definition) is 5. The van der Waals surface area contributed by atoms with E-state index in [-0.39, 0.29) is 17.4 Å². The van der Waals surface area contributed by atoms with E-state index in [9.17, 15) is 19.4 Å². The fraction of sp³-hybridized carbons (Fsp3) is 0.238. The number of nitrogens with zero attached hydrogens (tertiary/aromatic N) is 1. The van der Waals surface area contributed by atoms with Crippen LogP contribution >= 0.6 is 7.60 Å². The van der Waals surface area contributed by atoms with Crippen molar-refractivity contribution < 1.29 is 23.9 Å². The Morgan fingerprint density at radius 1 is 1.16 bits per heavy atom. The Hall–Kier alpha value is -3.13. The summed E-state index contributed by atoms with van der Waals surface area (Å²) >= 11 is 0. The van der Waals surface area contributed by atoms with Gasteiger partial charge >= 0.3 is 13.6 Å². The lowest BCUT2D eigenvalue weighted by Gasteiger charge is -2.28. The van der Waals surface area contributed by atoms with Gasteiger partial charge in [0.1, 0.15) is 5.78 Å². The van der Waals surface area contributed by atoms with Gasteiger partial charge in [-0.15, -0.1) is 0 Å². The number of hydrogen-bond acceptors (Lipinski definition) is 5. The minimum atomic E-state index is -4.43. The number of aliphatic imine (C=N–C) groups is 1. The molecule has 0 aliphatic carbocycles. The van der Waals surface area contributed by atoms with Crippen molar-refractivity contribution in [1.82, 2.24) is 5.32 Å². The number of nitrogens with two attached hydrogens (primary N) is 2. The maximum Gasteiger partial charge on any atom is 0.351 e. The molecule has 9 nitrogen and oxygen atoms in total. The van der Waals surface area contributed by atoms with Crippen molar-refractivity contribution >= 4 is 31.3 Å². The third kappa shape index (κ3) is 7.25. The van der Waals surface area contributed by atoms with Gasteiger partial charge in [0.25, 0.3) is 0 Å². The van der Waals surface area contributed by atoms with Crippen LogP contribution in [0.5, 0.6) is 0 Å². The zero-order valence-electron chi connectivity index (χ0n) is 17.3. The van der Waals surface area contributed by atoms with Gasteiger partial charge in [0.05, 0.1) is 5.69 Å². The van der Waals surface area contributed by atoms with Crippen LogP contribution in [0.25, 0.3) is 6.08 Å². The molecule has 0 heterocycles. The minimum Gasteiger partial charge on any atom is -0.479 e. The molecule has 0 saturated carbocycles. The van der Waals surface area contributed by atoms with E-state index in [1.54, 1.807) is 32.2 Å². The van der Waals surface area contributed by atoms with E-state index in [1.165, 1.54) is 18.2 Å². The predicted octanol–water partition coefficient (Wildman–Crippen LogP) is 3.16. The third-order valence-corrected chi connectivity index (χ3v) is 6.20. The average Bonchev–Trinajstić information content (AvgIpc) is 2.69. The van der Waals surface area contributed by atoms with Crippen LogP contribution in [0.2, 0.25) is 0 Å². The van der Waals surface area contributed by atoms with Gasteiger partial charge in [0.15, 0.2) is 12.1 Å². The van der Waals surface area contributed by atoms with Crippen LogP contribution in [0.4, 0.5) is 5.69 Å². The van der Waals surface area contributed by atoms with Gasteiger partial charge in [-0.05, 0) is 41.5 Å². The second kappa shape index (κ2) is 10.8. The van der Waals surface area contributed by atoms with Crippen LogP contribution in [-0.2, 0) is 13.9 Å². The summed E-state index contributed by atoms with van der Waals surface area (Å²) in [6, 6.07) is 15.3. The first-order valence-corrected chi connectivity index (χ1v) is 11.2. The molecular formula is C21H27N4O5P. The van der Waals surface area contributed by atoms with E-state index in [0.29, 0.717) is 5.69 Å². The Morgan fingerprint density at radius 3 is 2.42 bits per heavy atom. The van der Waals surface area contributed by atoms with Gasteiger partial charge in [0.2, 0.25) is 0 Å². The zero-order chi connectivity index (χ0) is 23.0. The molecule has 2 aromatic carbocycles. The van der Waals surface area contributed by atoms with Crippen molar-refractivity contribution in [3.05, 3.63) is 71.9 Å². The normalized spacial score (nSPS) is 15.2. The van der Waals surface area contributed by atoms with E-state index in [2.05, 4.69) is 10.3 Å². The second-order valence-corrected chi connectivity index (χ2v) is 9.01. The zero-order valence-corrected chi connectivity index (χ0v) is 18.1. The maximum absolute atomic E-state index is 13.1. The summed E-state index contributed by atoms with van der Waals surface area (Å²) in [5.41, 5.74) is 12.0. The van der Waals surface area contributed by atoms with E-state index < -0.39 is 25.5 Å². The topological polar surface area (TPSA) is 160 Å². The number of benzene rings is 2. The lowest BCUT2D eigenvalue weighted by Crippen LogP contribution is -2.31. The number of rotatable bonds is 10. The van der Waals surface area contributed by atoms with Crippen LogP contribution in [0.15, 0.2) is 65.8 Å². The summed E-state index contributed by atoms with van der Waals surface area (Å²) in [7, 11) is -4.43. The highest BCUT2D eigenvalue weighted by molar-refractivity contribution is 7.53. The Kier molecular flexibility index (Phi) is 8.38. The van der Waals surface area contributed by atoms with Crippen LogP contribution in [0.1, 0.15) is 31.1 Å². The highest BCUT2D eigenvalue weighted by atomic mass is 31.2. The third-order valence-electron chi connectivity index (χ3n) is 4.24. The van der Waals surface area contributed by atoms with Gasteiger partial charge < -0.3 is 26.8 Å². The van der Waals surface area contributed by atoms with Gasteiger partial charge in [0, 0.05) is 0 Å².